The zero-order valence-electron chi connectivity index (χ0n) is 8.90. The Labute approximate surface area is 75.4 Å². The lowest BCUT2D eigenvalue weighted by molar-refractivity contribution is 0.0633. The first-order chi connectivity index (χ1) is 5.57. The summed E-state index contributed by atoms with van der Waals surface area (Å²) in [6, 6.07) is 0. The van der Waals surface area contributed by atoms with Gasteiger partial charge in [0.2, 0.25) is 6.43 Å². The van der Waals surface area contributed by atoms with Gasteiger partial charge in [-0.3, -0.25) is 0 Å². The largest absolute Gasteiger partial charge is 0.241 e. The van der Waals surface area contributed by atoms with Gasteiger partial charge in [-0.2, -0.15) is 0 Å². The Bertz CT molecular complexity index is 79.9. The van der Waals surface area contributed by atoms with Crippen molar-refractivity contribution in [2.45, 2.75) is 53.9 Å². The molecule has 76 valence electrons. The maximum Gasteiger partial charge on any atom is 0.241 e. The number of hydrogen-bond donors (Lipinski definition) is 0. The normalized spacial score (nSPS) is 12.8. The van der Waals surface area contributed by atoms with Crippen LogP contribution in [0.3, 0.4) is 0 Å². The van der Waals surface area contributed by atoms with E-state index in [1.165, 1.54) is 0 Å². The molecule has 0 saturated heterocycles. The van der Waals surface area contributed by atoms with Gasteiger partial charge in [-0.05, 0) is 18.8 Å². The molecule has 0 saturated carbocycles. The van der Waals surface area contributed by atoms with Crippen molar-refractivity contribution in [2.24, 2.45) is 11.8 Å². The average molecular weight is 180 g/mol. The molecule has 0 aliphatic carbocycles. The van der Waals surface area contributed by atoms with Crippen LogP contribution >= 0.6 is 0 Å². The van der Waals surface area contributed by atoms with Crippen molar-refractivity contribution in [3.05, 3.63) is 0 Å². The second-order valence-electron chi connectivity index (χ2n) is 3.13. The van der Waals surface area contributed by atoms with E-state index in [9.17, 15) is 8.78 Å². The Morgan fingerprint density at radius 2 is 1.50 bits per heavy atom. The highest BCUT2D eigenvalue weighted by Gasteiger charge is 2.18. The Balaban J connectivity index is 0. The van der Waals surface area contributed by atoms with Gasteiger partial charge < -0.3 is 0 Å². The molecule has 0 heterocycles. The minimum Gasteiger partial charge on any atom is -0.210 e. The Morgan fingerprint density at radius 1 is 1.08 bits per heavy atom. The number of rotatable bonds is 4. The van der Waals surface area contributed by atoms with Crippen molar-refractivity contribution in [3.8, 4) is 0 Å². The molecule has 0 bridgehead atoms. The van der Waals surface area contributed by atoms with Crippen LogP contribution in [0.15, 0.2) is 0 Å². The molecule has 0 amide bonds. The third kappa shape index (κ3) is 7.96. The molecule has 0 radical (unpaired) electrons. The zero-order valence-corrected chi connectivity index (χ0v) is 8.90. The first-order valence-electron chi connectivity index (χ1n) is 4.86. The predicted octanol–water partition coefficient (Wildman–Crippen LogP) is 4.35. The molecule has 0 N–H and O–H groups in total. The molecule has 0 aromatic rings. The predicted molar refractivity (Wildman–Crippen MR) is 50.6 cm³/mol. The summed E-state index contributed by atoms with van der Waals surface area (Å²) in [6.45, 7) is 9.77. The van der Waals surface area contributed by atoms with Crippen molar-refractivity contribution in [1.82, 2.24) is 0 Å². The highest BCUT2D eigenvalue weighted by Crippen LogP contribution is 2.21. The lowest BCUT2D eigenvalue weighted by Gasteiger charge is -2.15. The van der Waals surface area contributed by atoms with Crippen LogP contribution in [0, 0.1) is 11.8 Å². The minimum atomic E-state index is -2.13. The van der Waals surface area contributed by atoms with E-state index in [1.807, 2.05) is 34.6 Å². The third-order valence-corrected chi connectivity index (χ3v) is 1.65. The van der Waals surface area contributed by atoms with Crippen molar-refractivity contribution in [1.29, 1.82) is 0 Å². The van der Waals surface area contributed by atoms with Crippen molar-refractivity contribution < 1.29 is 8.78 Å². The smallest absolute Gasteiger partial charge is 0.210 e. The first kappa shape index (κ1) is 14.4. The van der Waals surface area contributed by atoms with Crippen LogP contribution in [0.5, 0.6) is 0 Å². The van der Waals surface area contributed by atoms with Gasteiger partial charge >= 0.3 is 0 Å². The topological polar surface area (TPSA) is 0 Å². The molecular weight excluding hydrogens is 158 g/mol. The second kappa shape index (κ2) is 8.95. The number of hydrogen-bond acceptors (Lipinski definition) is 0. The van der Waals surface area contributed by atoms with Gasteiger partial charge in [-0.15, -0.1) is 0 Å². The molecule has 1 atom stereocenters. The number of alkyl halides is 2. The molecule has 2 heteroatoms. The van der Waals surface area contributed by atoms with Crippen LogP contribution in [0.2, 0.25) is 0 Å². The second-order valence-corrected chi connectivity index (χ2v) is 3.13. The van der Waals surface area contributed by atoms with Crippen LogP contribution in [0.1, 0.15) is 47.5 Å². The van der Waals surface area contributed by atoms with Gasteiger partial charge in [0.15, 0.2) is 0 Å². The van der Waals surface area contributed by atoms with Crippen molar-refractivity contribution >= 4 is 0 Å². The lowest BCUT2D eigenvalue weighted by Crippen LogP contribution is -2.12. The quantitative estimate of drug-likeness (QED) is 0.603. The SMILES string of the molecule is CC.CCC(CC(C)C)C(F)F. The molecular formula is C10H22F2. The molecule has 0 fully saturated rings. The van der Waals surface area contributed by atoms with Crippen LogP contribution < -0.4 is 0 Å². The Kier molecular flexibility index (Phi) is 10.7. The highest BCUT2D eigenvalue weighted by molar-refractivity contribution is 4.61. The third-order valence-electron chi connectivity index (χ3n) is 1.65. The van der Waals surface area contributed by atoms with Crippen LogP contribution in [0.25, 0.3) is 0 Å². The molecule has 0 aliphatic heterocycles. The monoisotopic (exact) mass is 180 g/mol. The van der Waals surface area contributed by atoms with Gasteiger partial charge in [-0.25, -0.2) is 8.78 Å². The molecule has 0 aromatic heterocycles. The Hall–Kier alpha value is -0.140. The first-order valence-corrected chi connectivity index (χ1v) is 4.86. The summed E-state index contributed by atoms with van der Waals surface area (Å²) in [5.41, 5.74) is 0. The molecule has 0 aliphatic rings. The van der Waals surface area contributed by atoms with Crippen LogP contribution in [-0.2, 0) is 0 Å². The fraction of sp³-hybridized carbons (Fsp3) is 1.00. The summed E-state index contributed by atoms with van der Waals surface area (Å²) in [5, 5.41) is 0. The van der Waals surface area contributed by atoms with E-state index in [4.69, 9.17) is 0 Å². The standard InChI is InChI=1S/C8H16F2.C2H6/c1-4-7(8(9)10)5-6(2)3;1-2/h6-8H,4-5H2,1-3H3;1-2H3. The summed E-state index contributed by atoms with van der Waals surface area (Å²) in [4.78, 5) is 0. The molecule has 1 unspecified atom stereocenters. The summed E-state index contributed by atoms with van der Waals surface area (Å²) in [7, 11) is 0. The van der Waals surface area contributed by atoms with Gasteiger partial charge in [0.1, 0.15) is 0 Å². The van der Waals surface area contributed by atoms with E-state index in [-0.39, 0.29) is 5.92 Å². The van der Waals surface area contributed by atoms with E-state index in [0.29, 0.717) is 18.8 Å². The summed E-state index contributed by atoms with van der Waals surface area (Å²) >= 11 is 0. The van der Waals surface area contributed by atoms with E-state index >= 15 is 0 Å². The summed E-state index contributed by atoms with van der Waals surface area (Å²) < 4.78 is 24.1. The summed E-state index contributed by atoms with van der Waals surface area (Å²) in [6.07, 6.45) is -0.892. The van der Waals surface area contributed by atoms with Crippen LogP contribution in [-0.4, -0.2) is 6.43 Å². The maximum atomic E-state index is 12.1. The van der Waals surface area contributed by atoms with E-state index < -0.39 is 6.43 Å². The van der Waals surface area contributed by atoms with E-state index in [2.05, 4.69) is 0 Å². The molecule has 0 nitrogen and oxygen atoms in total. The van der Waals surface area contributed by atoms with Crippen LogP contribution in [0.4, 0.5) is 8.78 Å². The van der Waals surface area contributed by atoms with Gasteiger partial charge in [-0.1, -0.05) is 34.6 Å². The zero-order chi connectivity index (χ0) is 10.1. The molecule has 12 heavy (non-hydrogen) atoms. The molecule has 0 rings (SSSR count). The highest BCUT2D eigenvalue weighted by atomic mass is 19.3. The minimum absolute atomic E-state index is 0.388. The lowest BCUT2D eigenvalue weighted by atomic mass is 9.95. The fourth-order valence-electron chi connectivity index (χ4n) is 1.05. The van der Waals surface area contributed by atoms with Gasteiger partial charge in [0.05, 0.1) is 0 Å². The van der Waals surface area contributed by atoms with Crippen molar-refractivity contribution in [2.75, 3.05) is 0 Å². The maximum absolute atomic E-state index is 12.1. The summed E-state index contributed by atoms with van der Waals surface area (Å²) in [5.74, 6) is -0.000972. The molecule has 0 aromatic carbocycles. The fourth-order valence-corrected chi connectivity index (χ4v) is 1.05. The van der Waals surface area contributed by atoms with E-state index in [1.54, 1.807) is 0 Å². The number of halogens is 2. The Morgan fingerprint density at radius 3 is 1.58 bits per heavy atom. The molecule has 0 spiro atoms. The van der Waals surface area contributed by atoms with Gasteiger partial charge in [0.25, 0.3) is 0 Å². The van der Waals surface area contributed by atoms with Gasteiger partial charge in [0, 0.05) is 5.92 Å². The van der Waals surface area contributed by atoms with Crippen molar-refractivity contribution in [3.63, 3.8) is 0 Å². The van der Waals surface area contributed by atoms with E-state index in [0.717, 1.165) is 0 Å². The average Bonchev–Trinajstić information content (AvgIpc) is 2.03.